The lowest BCUT2D eigenvalue weighted by atomic mass is 10.1. The number of unbranched alkanes of at least 4 members (excludes halogenated alkanes) is 22. The largest absolute Gasteiger partial charge is 0.490 e. The summed E-state index contributed by atoms with van der Waals surface area (Å²) in [6.45, 7) is 8.16. The van der Waals surface area contributed by atoms with E-state index in [0.29, 0.717) is 18.8 Å². The molecular formula is C46H74O3S. The normalized spacial score (nSPS) is 11.4. The van der Waals surface area contributed by atoms with E-state index in [0.717, 1.165) is 42.1 Å². The summed E-state index contributed by atoms with van der Waals surface area (Å²) < 4.78 is 12.6. The van der Waals surface area contributed by atoms with Crippen molar-refractivity contribution in [2.45, 2.75) is 186 Å². The van der Waals surface area contributed by atoms with Gasteiger partial charge in [-0.1, -0.05) is 174 Å². The number of carbonyl (C=O) groups excluding carboxylic acids is 1. The van der Waals surface area contributed by atoms with Crippen LogP contribution in [-0.4, -0.2) is 24.7 Å². The molecule has 0 N–H and O–H groups in total. The van der Waals surface area contributed by atoms with E-state index in [4.69, 9.17) is 9.47 Å². The van der Waals surface area contributed by atoms with E-state index >= 15 is 0 Å². The molecule has 0 atom stereocenters. The highest BCUT2D eigenvalue weighted by Gasteiger charge is 2.08. The number of benzene rings is 2. The molecule has 0 aliphatic heterocycles. The summed E-state index contributed by atoms with van der Waals surface area (Å²) in [4.78, 5) is 14.1. The van der Waals surface area contributed by atoms with E-state index in [-0.39, 0.29) is 5.78 Å². The highest BCUT2D eigenvalue weighted by Crippen LogP contribution is 2.30. The Labute approximate surface area is 313 Å². The van der Waals surface area contributed by atoms with Crippen molar-refractivity contribution < 1.29 is 14.3 Å². The van der Waals surface area contributed by atoms with Crippen LogP contribution in [0.3, 0.4) is 0 Å². The Bertz CT molecular complexity index is 1110. The van der Waals surface area contributed by atoms with Gasteiger partial charge in [-0.15, -0.1) is 11.8 Å². The Balaban J connectivity index is 1.78. The first-order valence-corrected chi connectivity index (χ1v) is 22.0. The van der Waals surface area contributed by atoms with Crippen LogP contribution in [-0.2, 0) is 0 Å². The van der Waals surface area contributed by atoms with Gasteiger partial charge in [0.25, 0.3) is 0 Å². The van der Waals surface area contributed by atoms with Crippen LogP contribution >= 0.6 is 11.8 Å². The first-order valence-electron chi connectivity index (χ1n) is 21.0. The Morgan fingerprint density at radius 1 is 0.520 bits per heavy atom. The topological polar surface area (TPSA) is 35.5 Å². The van der Waals surface area contributed by atoms with Crippen molar-refractivity contribution in [3.63, 3.8) is 0 Å². The van der Waals surface area contributed by atoms with E-state index in [1.54, 1.807) is 6.08 Å². The first kappa shape index (κ1) is 44.0. The second kappa shape index (κ2) is 31.5. The number of hydrogen-bond acceptors (Lipinski definition) is 4. The fourth-order valence-electron chi connectivity index (χ4n) is 6.31. The number of ether oxygens (including phenoxy) is 2. The molecule has 0 amide bonds. The van der Waals surface area contributed by atoms with Crippen molar-refractivity contribution in [1.29, 1.82) is 0 Å². The molecule has 0 spiro atoms. The minimum absolute atomic E-state index is 0.0169. The molecule has 2 aromatic rings. The van der Waals surface area contributed by atoms with Crippen LogP contribution in [0.4, 0.5) is 0 Å². The van der Waals surface area contributed by atoms with E-state index in [1.165, 1.54) is 146 Å². The maximum absolute atomic E-state index is 12.9. The molecule has 0 aliphatic rings. The molecule has 2 rings (SSSR count). The Kier molecular flexibility index (Phi) is 27.7. The molecule has 0 saturated carbocycles. The van der Waals surface area contributed by atoms with Gasteiger partial charge in [0.1, 0.15) is 0 Å². The highest BCUT2D eigenvalue weighted by molar-refractivity contribution is 7.99. The maximum Gasteiger partial charge on any atom is 0.185 e. The lowest BCUT2D eigenvalue weighted by Crippen LogP contribution is -2.03. The quantitative estimate of drug-likeness (QED) is 0.0314. The molecule has 50 heavy (non-hydrogen) atoms. The third kappa shape index (κ3) is 22.6. The number of hydrogen-bond donors (Lipinski definition) is 0. The van der Waals surface area contributed by atoms with Gasteiger partial charge >= 0.3 is 0 Å². The second-order valence-corrected chi connectivity index (χ2v) is 15.4. The Morgan fingerprint density at radius 3 is 1.42 bits per heavy atom. The minimum Gasteiger partial charge on any atom is -0.490 e. The first-order chi connectivity index (χ1) is 24.7. The highest BCUT2D eigenvalue weighted by atomic mass is 32.2. The Hall–Kier alpha value is -2.20. The van der Waals surface area contributed by atoms with Crippen molar-refractivity contribution in [2.24, 2.45) is 0 Å². The zero-order valence-electron chi connectivity index (χ0n) is 32.6. The van der Waals surface area contributed by atoms with Crippen LogP contribution in [0.5, 0.6) is 11.5 Å². The number of thioether (sulfide) groups is 1. The monoisotopic (exact) mass is 707 g/mol. The predicted molar refractivity (Wildman–Crippen MR) is 220 cm³/mol. The van der Waals surface area contributed by atoms with Gasteiger partial charge in [-0.2, -0.15) is 0 Å². The van der Waals surface area contributed by atoms with Crippen LogP contribution in [0, 0.1) is 0 Å². The van der Waals surface area contributed by atoms with E-state index in [2.05, 4.69) is 20.8 Å². The molecule has 0 fully saturated rings. The smallest absolute Gasteiger partial charge is 0.185 e. The number of ketones is 1. The number of rotatable bonds is 34. The summed E-state index contributed by atoms with van der Waals surface area (Å²) in [5, 5.41) is 0. The summed E-state index contributed by atoms with van der Waals surface area (Å²) in [7, 11) is 0. The Morgan fingerprint density at radius 2 is 0.960 bits per heavy atom. The van der Waals surface area contributed by atoms with Crippen molar-refractivity contribution in [1.82, 2.24) is 0 Å². The van der Waals surface area contributed by atoms with Crippen LogP contribution < -0.4 is 9.47 Å². The second-order valence-electron chi connectivity index (χ2n) is 14.3. The maximum atomic E-state index is 12.9. The summed E-state index contributed by atoms with van der Waals surface area (Å²) in [5.41, 5.74) is 1.67. The van der Waals surface area contributed by atoms with Gasteiger partial charge in [-0.3, -0.25) is 4.79 Å². The summed E-state index contributed by atoms with van der Waals surface area (Å²) >= 11 is 1.83. The standard InChI is InChI=1S/C46H74O3S/c1-4-7-9-11-13-15-17-19-21-23-25-27-37-48-45-36-30-41(29-35-44(47)42-31-33-43(34-32-42)50-39-6-3)40-46(45)49-38-28-26-24-22-20-18-16-14-12-10-8-5-2/h29-36,40H,4-28,37-39H2,1-3H3. The van der Waals surface area contributed by atoms with Gasteiger partial charge in [0.2, 0.25) is 0 Å². The van der Waals surface area contributed by atoms with E-state index in [9.17, 15) is 4.79 Å². The summed E-state index contributed by atoms with van der Waals surface area (Å²) in [5.74, 6) is 2.72. The zero-order valence-corrected chi connectivity index (χ0v) is 33.4. The van der Waals surface area contributed by atoms with Gasteiger partial charge in [-0.05, 0) is 73.1 Å². The number of carbonyl (C=O) groups is 1. The fourth-order valence-corrected chi connectivity index (χ4v) is 7.08. The van der Waals surface area contributed by atoms with Crippen molar-refractivity contribution in [2.75, 3.05) is 19.0 Å². The van der Waals surface area contributed by atoms with Crippen LogP contribution in [0.2, 0.25) is 0 Å². The molecule has 4 heteroatoms. The SMILES string of the molecule is CCCCCCCCCCCCCCOc1ccc(C=CC(=O)c2ccc(SCCC)cc2)cc1OCCCCCCCCCCCCCC. The van der Waals surface area contributed by atoms with Crippen molar-refractivity contribution in [3.05, 3.63) is 59.7 Å². The van der Waals surface area contributed by atoms with E-state index in [1.807, 2.05) is 60.3 Å². The van der Waals surface area contributed by atoms with Gasteiger partial charge < -0.3 is 9.47 Å². The molecule has 2 aromatic carbocycles. The molecule has 0 saturated heterocycles. The van der Waals surface area contributed by atoms with Gasteiger partial charge in [0.05, 0.1) is 13.2 Å². The fraction of sp³-hybridized carbons (Fsp3) is 0.674. The van der Waals surface area contributed by atoms with Crippen molar-refractivity contribution in [3.8, 4) is 11.5 Å². The average molecular weight is 707 g/mol. The minimum atomic E-state index is 0.0169. The summed E-state index contributed by atoms with van der Waals surface area (Å²) in [6, 6.07) is 14.0. The van der Waals surface area contributed by atoms with Crippen LogP contribution in [0.15, 0.2) is 53.4 Å². The molecule has 3 nitrogen and oxygen atoms in total. The molecule has 0 heterocycles. The van der Waals surface area contributed by atoms with Crippen LogP contribution in [0.25, 0.3) is 6.08 Å². The predicted octanol–water partition coefficient (Wildman–Crippen LogP) is 15.2. The third-order valence-electron chi connectivity index (χ3n) is 9.52. The molecular weight excluding hydrogens is 633 g/mol. The summed E-state index contributed by atoms with van der Waals surface area (Å²) in [6.07, 6.45) is 36.7. The van der Waals surface area contributed by atoms with Gasteiger partial charge in [0.15, 0.2) is 17.3 Å². The van der Waals surface area contributed by atoms with E-state index < -0.39 is 0 Å². The molecule has 0 radical (unpaired) electrons. The third-order valence-corrected chi connectivity index (χ3v) is 10.7. The lowest BCUT2D eigenvalue weighted by molar-refractivity contribution is 0.104. The molecule has 0 aliphatic carbocycles. The van der Waals surface area contributed by atoms with Crippen LogP contribution in [0.1, 0.15) is 197 Å². The van der Waals surface area contributed by atoms with Gasteiger partial charge in [-0.25, -0.2) is 0 Å². The molecule has 0 unspecified atom stereocenters. The number of allylic oxidation sites excluding steroid dienone is 1. The molecule has 0 aromatic heterocycles. The van der Waals surface area contributed by atoms with Gasteiger partial charge in [0, 0.05) is 10.5 Å². The van der Waals surface area contributed by atoms with Crippen molar-refractivity contribution >= 4 is 23.6 Å². The zero-order chi connectivity index (χ0) is 35.7. The molecule has 282 valence electrons. The lowest BCUT2D eigenvalue weighted by Gasteiger charge is -2.14. The molecule has 0 bridgehead atoms. The average Bonchev–Trinajstić information content (AvgIpc) is 3.14.